The van der Waals surface area contributed by atoms with Gasteiger partial charge in [0.25, 0.3) is 6.43 Å². The first-order chi connectivity index (χ1) is 8.91. The van der Waals surface area contributed by atoms with Gasteiger partial charge in [0.1, 0.15) is 0 Å². The van der Waals surface area contributed by atoms with Gasteiger partial charge in [-0.25, -0.2) is 13.6 Å². The average Bonchev–Trinajstić information content (AvgIpc) is 2.33. The normalized spacial score (nSPS) is 11.1. The number of aromatic carboxylic acids is 1. The van der Waals surface area contributed by atoms with Gasteiger partial charge in [0.05, 0.1) is 23.1 Å². The molecule has 0 unspecified atom stereocenters. The molecule has 0 spiro atoms. The number of H-pyrrole nitrogens is 1. The number of nitrogens with one attached hydrogen (secondary N) is 1. The Bertz CT molecular complexity index is 763. The van der Waals surface area contributed by atoms with Crippen molar-refractivity contribution in [3.63, 3.8) is 0 Å². The number of nitrogens with zero attached hydrogens (tertiary/aromatic N) is 1. The molecule has 1 aromatic carbocycles. The number of rotatable bonds is 3. The molecule has 0 fully saturated rings. The van der Waals surface area contributed by atoms with Crippen molar-refractivity contribution in [3.8, 4) is 0 Å². The van der Waals surface area contributed by atoms with Gasteiger partial charge >= 0.3 is 17.1 Å². The molecule has 0 saturated heterocycles. The van der Waals surface area contributed by atoms with Gasteiger partial charge in [-0.15, -0.1) is 0 Å². The van der Waals surface area contributed by atoms with Crippen LogP contribution in [0.25, 0.3) is 11.0 Å². The second kappa shape index (κ2) is 4.63. The molecule has 0 aliphatic rings. The average molecular weight is 270 g/mol. The lowest BCUT2D eigenvalue weighted by Crippen LogP contribution is -2.38. The number of aromatic amines is 1. The molecule has 19 heavy (non-hydrogen) atoms. The first-order valence-corrected chi connectivity index (χ1v) is 5.19. The number of fused-ring (bicyclic) bond motifs is 1. The van der Waals surface area contributed by atoms with E-state index in [1.165, 1.54) is 18.2 Å². The molecule has 2 rings (SSSR count). The van der Waals surface area contributed by atoms with E-state index in [9.17, 15) is 23.2 Å². The molecule has 0 aliphatic carbocycles. The Morgan fingerprint density at radius 3 is 2.63 bits per heavy atom. The Hall–Kier alpha value is -2.51. The Balaban J connectivity index is 2.96. The minimum atomic E-state index is -2.88. The zero-order chi connectivity index (χ0) is 14.2. The minimum Gasteiger partial charge on any atom is -0.478 e. The number of halogens is 2. The highest BCUT2D eigenvalue weighted by Gasteiger charge is 2.17. The van der Waals surface area contributed by atoms with Crippen molar-refractivity contribution in [2.45, 2.75) is 13.0 Å². The Labute approximate surface area is 103 Å². The zero-order valence-corrected chi connectivity index (χ0v) is 9.39. The molecular formula is C11H8F2N2O4. The van der Waals surface area contributed by atoms with Gasteiger partial charge in [-0.2, -0.15) is 0 Å². The number of aromatic nitrogens is 2. The monoisotopic (exact) mass is 270 g/mol. The third kappa shape index (κ3) is 2.24. The zero-order valence-electron chi connectivity index (χ0n) is 9.39. The van der Waals surface area contributed by atoms with E-state index in [1.807, 2.05) is 0 Å². The van der Waals surface area contributed by atoms with Crippen LogP contribution in [-0.4, -0.2) is 27.1 Å². The summed E-state index contributed by atoms with van der Waals surface area (Å²) < 4.78 is 25.4. The standard InChI is InChI=1S/C11H8F2N2O4/c12-7(13)4-15-8-5(11(18)19)2-1-3-6(8)14-9(16)10(15)17/h1-3,7H,4H2,(H,14,16)(H,18,19). The number of hydrogen-bond donors (Lipinski definition) is 2. The van der Waals surface area contributed by atoms with Crippen LogP contribution in [0.3, 0.4) is 0 Å². The molecule has 1 heterocycles. The summed E-state index contributed by atoms with van der Waals surface area (Å²) in [5, 5.41) is 9.01. The maximum absolute atomic E-state index is 12.5. The maximum Gasteiger partial charge on any atom is 0.337 e. The van der Waals surface area contributed by atoms with Gasteiger partial charge in [0.15, 0.2) is 0 Å². The molecule has 2 aromatic rings. The summed E-state index contributed by atoms with van der Waals surface area (Å²) in [7, 11) is 0. The van der Waals surface area contributed by atoms with Crippen molar-refractivity contribution in [1.82, 2.24) is 9.55 Å². The Morgan fingerprint density at radius 2 is 2.05 bits per heavy atom. The first kappa shape index (κ1) is 12.9. The van der Waals surface area contributed by atoms with Gasteiger partial charge in [0.2, 0.25) is 0 Å². The number of hydrogen-bond acceptors (Lipinski definition) is 3. The van der Waals surface area contributed by atoms with E-state index in [4.69, 9.17) is 5.11 Å². The lowest BCUT2D eigenvalue weighted by molar-refractivity contribution is 0.0697. The number of carbonyl (C=O) groups is 1. The minimum absolute atomic E-state index is 0.0187. The fourth-order valence-electron chi connectivity index (χ4n) is 1.82. The van der Waals surface area contributed by atoms with E-state index in [1.54, 1.807) is 0 Å². The predicted molar refractivity (Wildman–Crippen MR) is 61.8 cm³/mol. The van der Waals surface area contributed by atoms with Crippen LogP contribution in [0.15, 0.2) is 27.8 Å². The highest BCUT2D eigenvalue weighted by atomic mass is 19.3. The topological polar surface area (TPSA) is 92.2 Å². The molecule has 0 aliphatic heterocycles. The van der Waals surface area contributed by atoms with Gasteiger partial charge in [-0.1, -0.05) is 6.07 Å². The van der Waals surface area contributed by atoms with Gasteiger partial charge in [0, 0.05) is 0 Å². The van der Waals surface area contributed by atoms with E-state index in [0.717, 1.165) is 0 Å². The largest absolute Gasteiger partial charge is 0.478 e. The number of benzene rings is 1. The molecule has 0 amide bonds. The van der Waals surface area contributed by atoms with E-state index < -0.39 is 30.1 Å². The van der Waals surface area contributed by atoms with Crippen molar-refractivity contribution in [1.29, 1.82) is 0 Å². The molecule has 1 aromatic heterocycles. The summed E-state index contributed by atoms with van der Waals surface area (Å²) in [6, 6.07) is 3.86. The van der Waals surface area contributed by atoms with Gasteiger partial charge in [-0.05, 0) is 12.1 Å². The van der Waals surface area contributed by atoms with Crippen molar-refractivity contribution < 1.29 is 18.7 Å². The molecule has 0 bridgehead atoms. The van der Waals surface area contributed by atoms with Crippen LogP contribution in [0.5, 0.6) is 0 Å². The Kier molecular flexibility index (Phi) is 3.16. The summed E-state index contributed by atoms with van der Waals surface area (Å²) >= 11 is 0. The third-order valence-corrected chi connectivity index (χ3v) is 2.54. The number of alkyl halides is 2. The molecule has 6 nitrogen and oxygen atoms in total. The van der Waals surface area contributed by atoms with Gasteiger partial charge < -0.3 is 10.1 Å². The molecule has 0 saturated carbocycles. The smallest absolute Gasteiger partial charge is 0.337 e. The van der Waals surface area contributed by atoms with Gasteiger partial charge in [-0.3, -0.25) is 14.2 Å². The van der Waals surface area contributed by atoms with Crippen LogP contribution in [0, 0.1) is 0 Å². The summed E-state index contributed by atoms with van der Waals surface area (Å²) in [5.41, 5.74) is -2.81. The highest BCUT2D eigenvalue weighted by molar-refractivity contribution is 6.00. The first-order valence-electron chi connectivity index (χ1n) is 5.19. The molecule has 100 valence electrons. The lowest BCUT2D eigenvalue weighted by atomic mass is 10.1. The SMILES string of the molecule is O=C(O)c1cccc2[nH]c(=O)c(=O)n(CC(F)F)c12. The summed E-state index contributed by atoms with van der Waals surface area (Å²) in [4.78, 5) is 36.1. The van der Waals surface area contributed by atoms with Crippen LogP contribution in [0.1, 0.15) is 10.4 Å². The summed E-state index contributed by atoms with van der Waals surface area (Å²) in [6.45, 7) is -1.04. The molecule has 8 heteroatoms. The van der Waals surface area contributed by atoms with Crippen LogP contribution in [0.2, 0.25) is 0 Å². The van der Waals surface area contributed by atoms with Crippen LogP contribution in [0.4, 0.5) is 8.78 Å². The molecular weight excluding hydrogens is 262 g/mol. The fourth-order valence-corrected chi connectivity index (χ4v) is 1.82. The second-order valence-electron chi connectivity index (χ2n) is 3.77. The Morgan fingerprint density at radius 1 is 1.37 bits per heavy atom. The second-order valence-corrected chi connectivity index (χ2v) is 3.77. The molecule has 2 N–H and O–H groups in total. The fraction of sp³-hybridized carbons (Fsp3) is 0.182. The van der Waals surface area contributed by atoms with E-state index in [2.05, 4.69) is 4.98 Å². The molecule has 0 atom stereocenters. The van der Waals surface area contributed by atoms with Crippen molar-refractivity contribution >= 4 is 17.0 Å². The number of carboxylic acid groups (broad SMARTS) is 1. The maximum atomic E-state index is 12.5. The predicted octanol–water partition coefficient (Wildman–Crippen LogP) is 0.653. The quantitative estimate of drug-likeness (QED) is 0.801. The summed E-state index contributed by atoms with van der Waals surface area (Å²) in [6.07, 6.45) is -2.88. The highest BCUT2D eigenvalue weighted by Crippen LogP contribution is 2.15. The number of carboxylic acids is 1. The summed E-state index contributed by atoms with van der Waals surface area (Å²) in [5.74, 6) is -1.37. The lowest BCUT2D eigenvalue weighted by Gasteiger charge is -2.11. The van der Waals surface area contributed by atoms with E-state index in [0.29, 0.717) is 4.57 Å². The van der Waals surface area contributed by atoms with Crippen LogP contribution >= 0.6 is 0 Å². The van der Waals surface area contributed by atoms with Crippen LogP contribution < -0.4 is 11.1 Å². The van der Waals surface area contributed by atoms with Crippen molar-refractivity contribution in [3.05, 3.63) is 44.5 Å². The molecule has 0 radical (unpaired) electrons. The van der Waals surface area contributed by atoms with E-state index >= 15 is 0 Å². The third-order valence-electron chi connectivity index (χ3n) is 2.54. The van der Waals surface area contributed by atoms with Crippen molar-refractivity contribution in [2.75, 3.05) is 0 Å². The van der Waals surface area contributed by atoms with Crippen LogP contribution in [-0.2, 0) is 6.54 Å². The van der Waals surface area contributed by atoms with E-state index in [-0.39, 0.29) is 16.6 Å². The van der Waals surface area contributed by atoms with Crippen molar-refractivity contribution in [2.24, 2.45) is 0 Å². The number of para-hydroxylation sites is 1.